The first-order valence-electron chi connectivity index (χ1n) is 8.46. The van der Waals surface area contributed by atoms with Gasteiger partial charge in [0.2, 0.25) is 0 Å². The van der Waals surface area contributed by atoms with Crippen LogP contribution >= 0.6 is 0 Å². The van der Waals surface area contributed by atoms with E-state index in [1.54, 1.807) is 0 Å². The standard InChI is InChI=1S/C18H24IO6Si/c1-4-20-23-26(24-21-5-2,25-22-6-3)18-14-10-13-17(15-18)19-16-11-8-7-9-12-16/h7-15H,4-6H2,1-3H3/q-1. The minimum atomic E-state index is -3.53. The van der Waals surface area contributed by atoms with E-state index in [0.29, 0.717) is 19.8 Å². The summed E-state index contributed by atoms with van der Waals surface area (Å²) >= 11 is -0.344. The third kappa shape index (κ3) is 6.39. The van der Waals surface area contributed by atoms with Crippen molar-refractivity contribution in [2.75, 3.05) is 19.8 Å². The second-order valence-corrected chi connectivity index (χ2v) is 10.1. The molecule has 0 radical (unpaired) electrons. The number of halogens is 1. The van der Waals surface area contributed by atoms with Crippen LogP contribution in [0.3, 0.4) is 0 Å². The fraction of sp³-hybridized carbons (Fsp3) is 0.333. The zero-order chi connectivity index (χ0) is 18.7. The van der Waals surface area contributed by atoms with E-state index in [1.165, 1.54) is 7.14 Å². The molecule has 8 heteroatoms. The fourth-order valence-corrected chi connectivity index (χ4v) is 6.43. The molecule has 0 unspecified atom stereocenters. The molecule has 2 aromatic carbocycles. The van der Waals surface area contributed by atoms with Crippen molar-refractivity contribution in [2.45, 2.75) is 20.8 Å². The first-order chi connectivity index (χ1) is 12.7. The van der Waals surface area contributed by atoms with Gasteiger partial charge in [-0.3, -0.25) is 0 Å². The summed E-state index contributed by atoms with van der Waals surface area (Å²) in [5, 5.41) is 0.723. The Hall–Kier alpha value is -0.853. The van der Waals surface area contributed by atoms with Gasteiger partial charge < -0.3 is 0 Å². The Balaban J connectivity index is 2.30. The van der Waals surface area contributed by atoms with E-state index in [9.17, 15) is 0 Å². The summed E-state index contributed by atoms with van der Waals surface area (Å²) in [5.41, 5.74) is 0. The molecule has 0 aliphatic rings. The Morgan fingerprint density at radius 1 is 0.692 bits per heavy atom. The molecular weight excluding hydrogens is 467 g/mol. The van der Waals surface area contributed by atoms with Gasteiger partial charge in [0, 0.05) is 0 Å². The maximum absolute atomic E-state index is 5.53. The summed E-state index contributed by atoms with van der Waals surface area (Å²) in [6, 6.07) is 18.3. The molecule has 0 amide bonds. The second-order valence-electron chi connectivity index (χ2n) is 4.93. The first kappa shape index (κ1) is 21.4. The van der Waals surface area contributed by atoms with Gasteiger partial charge in [-0.15, -0.1) is 0 Å². The van der Waals surface area contributed by atoms with E-state index in [1.807, 2.05) is 57.2 Å². The van der Waals surface area contributed by atoms with Crippen LogP contribution in [-0.4, -0.2) is 28.6 Å². The molecule has 0 aliphatic heterocycles. The number of hydrogen-bond donors (Lipinski definition) is 0. The molecule has 2 aromatic rings. The molecule has 6 nitrogen and oxygen atoms in total. The van der Waals surface area contributed by atoms with Crippen LogP contribution in [0, 0.1) is 7.14 Å². The van der Waals surface area contributed by atoms with E-state index in [4.69, 9.17) is 28.4 Å². The van der Waals surface area contributed by atoms with Crippen LogP contribution in [0.25, 0.3) is 0 Å². The average Bonchev–Trinajstić information content (AvgIpc) is 2.69. The van der Waals surface area contributed by atoms with Crippen LogP contribution in [0.1, 0.15) is 20.8 Å². The van der Waals surface area contributed by atoms with Crippen molar-refractivity contribution in [3.8, 4) is 0 Å². The minimum absolute atomic E-state index is 0.344. The van der Waals surface area contributed by atoms with Gasteiger partial charge in [0.05, 0.1) is 0 Å². The van der Waals surface area contributed by atoms with Crippen LogP contribution in [0.2, 0.25) is 0 Å². The zero-order valence-electron chi connectivity index (χ0n) is 15.1. The van der Waals surface area contributed by atoms with Crippen LogP contribution in [0.4, 0.5) is 0 Å². The summed E-state index contributed by atoms with van der Waals surface area (Å²) in [6.45, 7) is 6.48. The Kier molecular flexibility index (Phi) is 9.71. The van der Waals surface area contributed by atoms with E-state index in [2.05, 4.69) is 18.2 Å². The molecule has 0 bridgehead atoms. The predicted molar refractivity (Wildman–Crippen MR) is 93.8 cm³/mol. The predicted octanol–water partition coefficient (Wildman–Crippen LogP) is -0.135. The zero-order valence-corrected chi connectivity index (χ0v) is 18.3. The summed E-state index contributed by atoms with van der Waals surface area (Å²) < 4.78 is 19.1. The van der Waals surface area contributed by atoms with E-state index >= 15 is 0 Å². The van der Waals surface area contributed by atoms with Gasteiger partial charge in [0.25, 0.3) is 0 Å². The van der Waals surface area contributed by atoms with E-state index in [-0.39, 0.29) is 21.2 Å². The fourth-order valence-electron chi connectivity index (χ4n) is 1.94. The van der Waals surface area contributed by atoms with Gasteiger partial charge in [-0.05, 0) is 0 Å². The molecule has 0 aliphatic carbocycles. The van der Waals surface area contributed by atoms with Crippen molar-refractivity contribution in [3.63, 3.8) is 0 Å². The summed E-state index contributed by atoms with van der Waals surface area (Å²) in [4.78, 5) is 15.5. The summed E-state index contributed by atoms with van der Waals surface area (Å²) in [5.74, 6) is 0. The second kappa shape index (κ2) is 11.8. The topological polar surface area (TPSA) is 55.4 Å². The summed E-state index contributed by atoms with van der Waals surface area (Å²) in [7, 11) is -3.53. The number of hydrogen-bond acceptors (Lipinski definition) is 6. The molecule has 0 fully saturated rings. The van der Waals surface area contributed by atoms with Crippen LogP contribution in [0.5, 0.6) is 0 Å². The van der Waals surface area contributed by atoms with Gasteiger partial charge in [0.15, 0.2) is 0 Å². The first-order valence-corrected chi connectivity index (χ1v) is 12.3. The van der Waals surface area contributed by atoms with Crippen molar-refractivity contribution in [1.82, 2.24) is 0 Å². The third-order valence-electron chi connectivity index (χ3n) is 2.99. The number of benzene rings is 2. The number of rotatable bonds is 12. The molecular formula is C18H24IO6Si-. The van der Waals surface area contributed by atoms with E-state index < -0.39 is 8.80 Å². The van der Waals surface area contributed by atoms with Gasteiger partial charge in [0.1, 0.15) is 0 Å². The van der Waals surface area contributed by atoms with Gasteiger partial charge in [-0.25, -0.2) is 0 Å². The van der Waals surface area contributed by atoms with Crippen molar-refractivity contribution in [1.29, 1.82) is 0 Å². The van der Waals surface area contributed by atoms with Gasteiger partial charge in [-0.2, -0.15) is 0 Å². The van der Waals surface area contributed by atoms with Crippen LogP contribution < -0.4 is 26.4 Å². The Morgan fingerprint density at radius 2 is 1.23 bits per heavy atom. The SMILES string of the molecule is CCOO[Si](OOCC)(OOCC)c1cccc([I-]c2ccccc2)c1. The Bertz CT molecular complexity index is 621. The molecule has 0 N–H and O–H groups in total. The average molecular weight is 491 g/mol. The van der Waals surface area contributed by atoms with Crippen molar-refractivity contribution in [3.05, 3.63) is 61.7 Å². The summed E-state index contributed by atoms with van der Waals surface area (Å²) in [6.07, 6.45) is 0. The van der Waals surface area contributed by atoms with Crippen LogP contribution in [0.15, 0.2) is 54.6 Å². The van der Waals surface area contributed by atoms with E-state index in [0.717, 1.165) is 5.19 Å². The maximum atomic E-state index is 5.53. The molecule has 0 heterocycles. The van der Waals surface area contributed by atoms with Crippen molar-refractivity contribution >= 4 is 14.0 Å². The molecule has 0 saturated carbocycles. The Labute approximate surface area is 165 Å². The monoisotopic (exact) mass is 491 g/mol. The third-order valence-corrected chi connectivity index (χ3v) is 7.65. The van der Waals surface area contributed by atoms with Gasteiger partial charge in [-0.1, -0.05) is 0 Å². The molecule has 144 valence electrons. The van der Waals surface area contributed by atoms with Crippen molar-refractivity contribution < 1.29 is 49.6 Å². The molecule has 0 atom stereocenters. The molecule has 26 heavy (non-hydrogen) atoms. The van der Waals surface area contributed by atoms with Crippen molar-refractivity contribution in [2.24, 2.45) is 0 Å². The van der Waals surface area contributed by atoms with Crippen LogP contribution in [-0.2, 0) is 28.4 Å². The normalized spacial score (nSPS) is 11.8. The Morgan fingerprint density at radius 3 is 1.77 bits per heavy atom. The molecule has 2 rings (SSSR count). The van der Waals surface area contributed by atoms with Gasteiger partial charge >= 0.3 is 166 Å². The molecule has 0 aromatic heterocycles. The molecule has 0 spiro atoms. The molecule has 0 saturated heterocycles. The quantitative estimate of drug-likeness (QED) is 0.179.